The van der Waals surface area contributed by atoms with Crippen molar-refractivity contribution in [1.82, 2.24) is 9.80 Å². The molecule has 1 aromatic carbocycles. The van der Waals surface area contributed by atoms with Crippen molar-refractivity contribution in [2.24, 2.45) is 0 Å². The zero-order valence-electron chi connectivity index (χ0n) is 13.8. The summed E-state index contributed by atoms with van der Waals surface area (Å²) in [5, 5.41) is 10.6. The molecule has 1 saturated carbocycles. The van der Waals surface area contributed by atoms with Gasteiger partial charge in [-0.1, -0.05) is 12.8 Å². The zero-order valence-corrected chi connectivity index (χ0v) is 13.8. The van der Waals surface area contributed by atoms with E-state index in [-0.39, 0.29) is 11.6 Å². The normalized spacial score (nSPS) is 19.9. The highest BCUT2D eigenvalue weighted by molar-refractivity contribution is 5.91. The number of amides is 1. The lowest BCUT2D eigenvalue weighted by Crippen LogP contribution is -2.51. The summed E-state index contributed by atoms with van der Waals surface area (Å²) < 4.78 is 0. The molecule has 0 bridgehead atoms. The van der Waals surface area contributed by atoms with Crippen LogP contribution in [0.15, 0.2) is 30.3 Å². The van der Waals surface area contributed by atoms with Crippen LogP contribution in [0, 0.1) is 10.1 Å². The number of benzene rings is 1. The van der Waals surface area contributed by atoms with E-state index in [0.717, 1.165) is 37.8 Å². The van der Waals surface area contributed by atoms with E-state index in [4.69, 9.17) is 0 Å². The second-order valence-corrected chi connectivity index (χ2v) is 6.48. The molecule has 0 N–H and O–H groups in total. The average molecular weight is 329 g/mol. The highest BCUT2D eigenvalue weighted by atomic mass is 16.6. The maximum absolute atomic E-state index is 12.3. The summed E-state index contributed by atoms with van der Waals surface area (Å²) in [5.41, 5.74) is 0.847. The number of nitrogens with zero attached hydrogens (tertiary/aromatic N) is 3. The van der Waals surface area contributed by atoms with E-state index in [9.17, 15) is 14.9 Å². The van der Waals surface area contributed by atoms with Crippen LogP contribution in [0.3, 0.4) is 0 Å². The predicted molar refractivity (Wildman–Crippen MR) is 92.5 cm³/mol. The van der Waals surface area contributed by atoms with Crippen molar-refractivity contribution in [3.05, 3.63) is 46.0 Å². The van der Waals surface area contributed by atoms with Crippen LogP contribution in [0.5, 0.6) is 0 Å². The first-order valence-electron chi connectivity index (χ1n) is 8.59. The molecule has 1 amide bonds. The molecule has 0 spiro atoms. The third kappa shape index (κ3) is 4.00. The van der Waals surface area contributed by atoms with Gasteiger partial charge in [-0.3, -0.25) is 19.8 Å². The van der Waals surface area contributed by atoms with Crippen molar-refractivity contribution >= 4 is 17.7 Å². The monoisotopic (exact) mass is 329 g/mol. The third-order valence-corrected chi connectivity index (χ3v) is 4.99. The fourth-order valence-corrected chi connectivity index (χ4v) is 3.56. The molecular weight excluding hydrogens is 306 g/mol. The lowest BCUT2D eigenvalue weighted by Gasteiger charge is -2.37. The number of nitro benzene ring substituents is 1. The Kier molecular flexibility index (Phi) is 5.25. The molecule has 0 aromatic heterocycles. The van der Waals surface area contributed by atoms with E-state index in [2.05, 4.69) is 4.90 Å². The minimum Gasteiger partial charge on any atom is -0.337 e. The molecule has 1 aromatic rings. The van der Waals surface area contributed by atoms with E-state index < -0.39 is 4.92 Å². The molecule has 6 heteroatoms. The molecule has 3 rings (SSSR count). The largest absolute Gasteiger partial charge is 0.337 e. The SMILES string of the molecule is O=C(/C=C/c1ccc([N+](=O)[O-])cc1)N1CCN(C2CCCC2)CC1. The molecular formula is C18H23N3O3. The summed E-state index contributed by atoms with van der Waals surface area (Å²) >= 11 is 0. The van der Waals surface area contributed by atoms with Crippen molar-refractivity contribution < 1.29 is 9.72 Å². The third-order valence-electron chi connectivity index (χ3n) is 4.99. The van der Waals surface area contributed by atoms with Gasteiger partial charge in [0.2, 0.25) is 5.91 Å². The molecule has 1 heterocycles. The van der Waals surface area contributed by atoms with Crippen molar-refractivity contribution in [2.45, 2.75) is 31.7 Å². The lowest BCUT2D eigenvalue weighted by atomic mass is 10.1. The van der Waals surface area contributed by atoms with E-state index >= 15 is 0 Å². The van der Waals surface area contributed by atoms with Crippen LogP contribution in [0.25, 0.3) is 6.08 Å². The Morgan fingerprint density at radius 1 is 1.08 bits per heavy atom. The fourth-order valence-electron chi connectivity index (χ4n) is 3.56. The first-order chi connectivity index (χ1) is 11.6. The van der Waals surface area contributed by atoms with Gasteiger partial charge in [0, 0.05) is 50.4 Å². The van der Waals surface area contributed by atoms with Gasteiger partial charge in [0.25, 0.3) is 5.69 Å². The van der Waals surface area contributed by atoms with Gasteiger partial charge in [-0.2, -0.15) is 0 Å². The Hall–Kier alpha value is -2.21. The minimum absolute atomic E-state index is 0.0134. The van der Waals surface area contributed by atoms with Crippen LogP contribution in [0.4, 0.5) is 5.69 Å². The first-order valence-corrected chi connectivity index (χ1v) is 8.59. The summed E-state index contributed by atoms with van der Waals surface area (Å²) in [6.07, 6.45) is 8.55. The number of piperazine rings is 1. The van der Waals surface area contributed by atoms with Crippen molar-refractivity contribution in [3.63, 3.8) is 0 Å². The van der Waals surface area contributed by atoms with Gasteiger partial charge in [0.05, 0.1) is 4.92 Å². The molecule has 0 radical (unpaired) electrons. The van der Waals surface area contributed by atoms with Crippen LogP contribution in [0.1, 0.15) is 31.2 Å². The molecule has 6 nitrogen and oxygen atoms in total. The van der Waals surface area contributed by atoms with E-state index in [1.165, 1.54) is 37.8 Å². The topological polar surface area (TPSA) is 66.7 Å². The smallest absolute Gasteiger partial charge is 0.269 e. The molecule has 1 aliphatic carbocycles. The Balaban J connectivity index is 1.50. The average Bonchev–Trinajstić information content (AvgIpc) is 3.15. The lowest BCUT2D eigenvalue weighted by molar-refractivity contribution is -0.384. The molecule has 0 unspecified atom stereocenters. The van der Waals surface area contributed by atoms with Crippen molar-refractivity contribution in [3.8, 4) is 0 Å². The molecule has 1 aliphatic heterocycles. The first kappa shape index (κ1) is 16.6. The summed E-state index contributed by atoms with van der Waals surface area (Å²) in [6, 6.07) is 6.92. The highest BCUT2D eigenvalue weighted by Gasteiger charge is 2.27. The van der Waals surface area contributed by atoms with Crippen LogP contribution in [-0.4, -0.2) is 52.9 Å². The number of hydrogen-bond acceptors (Lipinski definition) is 4. The second-order valence-electron chi connectivity index (χ2n) is 6.48. The highest BCUT2D eigenvalue weighted by Crippen LogP contribution is 2.24. The number of non-ortho nitro benzene ring substituents is 1. The molecule has 1 saturated heterocycles. The quantitative estimate of drug-likeness (QED) is 0.484. The Morgan fingerprint density at radius 2 is 1.71 bits per heavy atom. The summed E-state index contributed by atoms with van der Waals surface area (Å²) in [5.74, 6) is 0.0134. The van der Waals surface area contributed by atoms with Crippen LogP contribution in [0.2, 0.25) is 0 Å². The van der Waals surface area contributed by atoms with Gasteiger partial charge in [0.15, 0.2) is 0 Å². The molecule has 128 valence electrons. The fraction of sp³-hybridized carbons (Fsp3) is 0.500. The zero-order chi connectivity index (χ0) is 16.9. The number of carbonyl (C=O) groups excluding carboxylic acids is 1. The van der Waals surface area contributed by atoms with Gasteiger partial charge in [-0.25, -0.2) is 0 Å². The van der Waals surface area contributed by atoms with Crippen molar-refractivity contribution in [1.29, 1.82) is 0 Å². The Labute approximate surface area is 141 Å². The van der Waals surface area contributed by atoms with Gasteiger partial charge >= 0.3 is 0 Å². The number of hydrogen-bond donors (Lipinski definition) is 0. The minimum atomic E-state index is -0.428. The van der Waals surface area contributed by atoms with E-state index in [1.807, 2.05) is 4.90 Å². The molecule has 0 atom stereocenters. The number of carbonyl (C=O) groups is 1. The van der Waals surface area contributed by atoms with Crippen molar-refractivity contribution in [2.75, 3.05) is 26.2 Å². The van der Waals surface area contributed by atoms with Gasteiger partial charge in [0.1, 0.15) is 0 Å². The Morgan fingerprint density at radius 3 is 2.29 bits per heavy atom. The second kappa shape index (κ2) is 7.57. The van der Waals surface area contributed by atoms with Crippen LogP contribution in [-0.2, 0) is 4.79 Å². The number of nitro groups is 1. The maximum Gasteiger partial charge on any atom is 0.269 e. The van der Waals surface area contributed by atoms with Gasteiger partial charge < -0.3 is 4.90 Å². The van der Waals surface area contributed by atoms with Crippen LogP contribution < -0.4 is 0 Å². The molecule has 24 heavy (non-hydrogen) atoms. The standard InChI is InChI=1S/C18H23N3O3/c22-18(10-7-15-5-8-17(9-6-15)21(23)24)20-13-11-19(12-14-20)16-3-1-2-4-16/h5-10,16H,1-4,11-14H2/b10-7+. The number of rotatable bonds is 4. The van der Waals surface area contributed by atoms with Crippen LogP contribution >= 0.6 is 0 Å². The summed E-state index contributed by atoms with van der Waals surface area (Å²) in [6.45, 7) is 3.48. The molecule has 2 fully saturated rings. The Bertz CT molecular complexity index is 613. The van der Waals surface area contributed by atoms with Gasteiger partial charge in [-0.15, -0.1) is 0 Å². The summed E-state index contributed by atoms with van der Waals surface area (Å²) in [7, 11) is 0. The maximum atomic E-state index is 12.3. The molecule has 2 aliphatic rings. The van der Waals surface area contributed by atoms with Gasteiger partial charge in [-0.05, 0) is 36.6 Å². The summed E-state index contributed by atoms with van der Waals surface area (Å²) in [4.78, 5) is 26.9. The van der Waals surface area contributed by atoms with E-state index in [1.54, 1.807) is 24.3 Å². The predicted octanol–water partition coefficient (Wildman–Crippen LogP) is 2.69. The van der Waals surface area contributed by atoms with E-state index in [0.29, 0.717) is 0 Å².